The number of sulfone groups is 1. The van der Waals surface area contributed by atoms with E-state index in [0.717, 1.165) is 0 Å². The van der Waals surface area contributed by atoms with Gasteiger partial charge in [0.15, 0.2) is 5.78 Å². The summed E-state index contributed by atoms with van der Waals surface area (Å²) in [4.78, 5) is 38.7. The molecule has 0 aliphatic carbocycles. The maximum atomic E-state index is 13.0. The monoisotopic (exact) mass is 414 g/mol. The summed E-state index contributed by atoms with van der Waals surface area (Å²) in [6.45, 7) is 5.50. The number of rotatable bonds is 5. The molecule has 0 radical (unpaired) electrons. The molecule has 0 saturated heterocycles. The van der Waals surface area contributed by atoms with Crippen LogP contribution < -0.4 is 5.32 Å². The molecule has 1 N–H and O–H groups in total. The van der Waals surface area contributed by atoms with Gasteiger partial charge in [0, 0.05) is 29.3 Å². The third kappa shape index (κ3) is 3.80. The predicted molar refractivity (Wildman–Crippen MR) is 107 cm³/mol. The number of benzene rings is 2. The first-order valence-corrected chi connectivity index (χ1v) is 10.8. The molecule has 0 aromatic heterocycles. The number of nitrogens with zero attached hydrogens (tertiary/aromatic N) is 1. The van der Waals surface area contributed by atoms with Crippen molar-refractivity contribution in [1.82, 2.24) is 10.2 Å². The smallest absolute Gasteiger partial charge is 0.254 e. The zero-order valence-corrected chi connectivity index (χ0v) is 17.2. The molecule has 2 amide bonds. The molecule has 3 rings (SSSR count). The second-order valence-electron chi connectivity index (χ2n) is 7.08. The normalized spacial score (nSPS) is 14.1. The minimum atomic E-state index is -3.93. The summed E-state index contributed by atoms with van der Waals surface area (Å²) in [6.07, 6.45) is 0. The molecule has 8 heteroatoms. The van der Waals surface area contributed by atoms with E-state index in [9.17, 15) is 22.8 Å². The Morgan fingerprint density at radius 3 is 2.34 bits per heavy atom. The minimum absolute atomic E-state index is 0.0425. The number of likely N-dealkylation sites (N-methyl/N-ethyl adjacent to an activating group) is 1. The first kappa shape index (κ1) is 20.7. The van der Waals surface area contributed by atoms with Gasteiger partial charge in [-0.3, -0.25) is 14.4 Å². The number of ketones is 1. The summed E-state index contributed by atoms with van der Waals surface area (Å²) >= 11 is 0. The maximum Gasteiger partial charge on any atom is 0.254 e. The van der Waals surface area contributed by atoms with Crippen LogP contribution in [0.15, 0.2) is 52.3 Å². The van der Waals surface area contributed by atoms with Gasteiger partial charge in [0.1, 0.15) is 0 Å². The van der Waals surface area contributed by atoms with Crippen LogP contribution in [0, 0.1) is 0 Å². The molecular weight excluding hydrogens is 392 g/mol. The Hall–Kier alpha value is -3.00. The Balaban J connectivity index is 1.98. The summed E-state index contributed by atoms with van der Waals surface area (Å²) in [5, 5.41) is 2.72. The van der Waals surface area contributed by atoms with Gasteiger partial charge in [0.05, 0.1) is 16.3 Å². The molecule has 1 aliphatic rings. The summed E-state index contributed by atoms with van der Waals surface area (Å²) < 4.78 is 26.0. The number of fused-ring (bicyclic) bond motifs is 2. The molecule has 0 bridgehead atoms. The summed E-state index contributed by atoms with van der Waals surface area (Å²) in [6, 6.07) is 9.97. The molecule has 1 heterocycles. The van der Waals surface area contributed by atoms with Crippen molar-refractivity contribution in [2.45, 2.75) is 36.6 Å². The quantitative estimate of drug-likeness (QED) is 0.689. The van der Waals surface area contributed by atoms with E-state index >= 15 is 0 Å². The van der Waals surface area contributed by atoms with Crippen molar-refractivity contribution in [3.05, 3.63) is 59.2 Å². The molecule has 152 valence electrons. The molecule has 0 unspecified atom stereocenters. The molecule has 1 aliphatic heterocycles. The predicted octanol–water partition coefficient (Wildman–Crippen LogP) is 2.05. The Morgan fingerprint density at radius 2 is 1.69 bits per heavy atom. The van der Waals surface area contributed by atoms with Crippen molar-refractivity contribution in [2.24, 2.45) is 0 Å². The Bertz CT molecular complexity index is 1110. The van der Waals surface area contributed by atoms with Crippen molar-refractivity contribution < 1.29 is 22.8 Å². The van der Waals surface area contributed by atoms with Gasteiger partial charge < -0.3 is 10.2 Å². The van der Waals surface area contributed by atoms with Gasteiger partial charge in [-0.2, -0.15) is 0 Å². The van der Waals surface area contributed by atoms with Crippen LogP contribution in [0.2, 0.25) is 0 Å². The zero-order valence-electron chi connectivity index (χ0n) is 16.4. The Kier molecular flexibility index (Phi) is 5.57. The lowest BCUT2D eigenvalue weighted by Gasteiger charge is -2.23. The molecule has 2 aromatic rings. The largest absolute Gasteiger partial charge is 0.352 e. The van der Waals surface area contributed by atoms with Crippen molar-refractivity contribution in [3.63, 3.8) is 0 Å². The number of amides is 2. The van der Waals surface area contributed by atoms with Crippen molar-refractivity contribution in [1.29, 1.82) is 0 Å². The Morgan fingerprint density at radius 1 is 1.03 bits per heavy atom. The van der Waals surface area contributed by atoms with Gasteiger partial charge >= 0.3 is 0 Å². The first-order valence-electron chi connectivity index (χ1n) is 9.28. The van der Waals surface area contributed by atoms with Crippen LogP contribution in [0.1, 0.15) is 47.1 Å². The summed E-state index contributed by atoms with van der Waals surface area (Å²) in [5.41, 5.74) is 0.277. The third-order valence-electron chi connectivity index (χ3n) is 4.64. The lowest BCUT2D eigenvalue weighted by Crippen LogP contribution is -2.42. The minimum Gasteiger partial charge on any atom is -0.352 e. The summed E-state index contributed by atoms with van der Waals surface area (Å²) in [7, 11) is -3.93. The maximum absolute atomic E-state index is 13.0. The number of carbonyl (C=O) groups excluding carboxylic acids is 3. The van der Waals surface area contributed by atoms with Gasteiger partial charge in [-0.05, 0) is 51.1 Å². The average Bonchev–Trinajstić information content (AvgIpc) is 2.69. The molecule has 0 atom stereocenters. The van der Waals surface area contributed by atoms with Gasteiger partial charge in [-0.1, -0.05) is 12.1 Å². The highest BCUT2D eigenvalue weighted by molar-refractivity contribution is 7.91. The van der Waals surface area contributed by atoms with Crippen LogP contribution in [0.5, 0.6) is 0 Å². The topological polar surface area (TPSA) is 101 Å². The van der Waals surface area contributed by atoms with Crippen LogP contribution in [-0.4, -0.2) is 50.0 Å². The highest BCUT2D eigenvalue weighted by Gasteiger charge is 2.35. The SMILES string of the molecule is CCN(CC(=O)NC(C)C)C(=O)c1ccc2c(c1)S(=O)(=O)c1ccccc1C2=O. The molecule has 2 aromatic carbocycles. The molecule has 0 fully saturated rings. The second-order valence-corrected chi connectivity index (χ2v) is 8.97. The summed E-state index contributed by atoms with van der Waals surface area (Å²) in [5.74, 6) is -1.17. The molecule has 7 nitrogen and oxygen atoms in total. The molecule has 0 saturated carbocycles. The van der Waals surface area contributed by atoms with Crippen LogP contribution in [0.3, 0.4) is 0 Å². The molecular formula is C21H22N2O5S. The van der Waals surface area contributed by atoms with Crippen molar-refractivity contribution in [3.8, 4) is 0 Å². The number of hydrogen-bond acceptors (Lipinski definition) is 5. The number of nitrogens with one attached hydrogen (secondary N) is 1. The van der Waals surface area contributed by atoms with E-state index < -0.39 is 21.5 Å². The Labute approximate surface area is 169 Å². The second kappa shape index (κ2) is 7.79. The van der Waals surface area contributed by atoms with Gasteiger partial charge in [0.25, 0.3) is 5.91 Å². The lowest BCUT2D eigenvalue weighted by molar-refractivity contribution is -0.122. The van der Waals surface area contributed by atoms with E-state index in [1.807, 2.05) is 13.8 Å². The zero-order chi connectivity index (χ0) is 21.3. The molecule has 29 heavy (non-hydrogen) atoms. The number of carbonyl (C=O) groups is 3. The van der Waals surface area contributed by atoms with Crippen LogP contribution in [0.25, 0.3) is 0 Å². The van der Waals surface area contributed by atoms with Crippen molar-refractivity contribution >= 4 is 27.4 Å². The van der Waals surface area contributed by atoms with E-state index in [2.05, 4.69) is 5.32 Å². The van der Waals surface area contributed by atoms with Gasteiger partial charge in [-0.25, -0.2) is 8.42 Å². The van der Waals surface area contributed by atoms with E-state index in [1.54, 1.807) is 19.1 Å². The van der Waals surface area contributed by atoms with E-state index in [0.29, 0.717) is 0 Å². The van der Waals surface area contributed by atoms with Gasteiger partial charge in [0.2, 0.25) is 15.7 Å². The average molecular weight is 414 g/mol. The van der Waals surface area contributed by atoms with E-state index in [1.165, 1.54) is 35.2 Å². The van der Waals surface area contributed by atoms with Crippen LogP contribution >= 0.6 is 0 Å². The fraction of sp³-hybridized carbons (Fsp3) is 0.286. The highest BCUT2D eigenvalue weighted by atomic mass is 32.2. The van der Waals surface area contributed by atoms with E-state index in [4.69, 9.17) is 0 Å². The molecule has 0 spiro atoms. The van der Waals surface area contributed by atoms with E-state index in [-0.39, 0.29) is 51.5 Å². The van der Waals surface area contributed by atoms with Crippen molar-refractivity contribution in [2.75, 3.05) is 13.1 Å². The standard InChI is InChI=1S/C21H22N2O5S/c1-4-23(12-19(24)22-13(2)3)21(26)14-9-10-16-18(11-14)29(27,28)17-8-6-5-7-15(17)20(16)25/h5-11,13H,4,12H2,1-3H3,(H,22,24). The van der Waals surface area contributed by atoms with Gasteiger partial charge in [-0.15, -0.1) is 0 Å². The van der Waals surface area contributed by atoms with Crippen LogP contribution in [-0.2, 0) is 14.6 Å². The fourth-order valence-electron chi connectivity index (χ4n) is 3.27. The first-order chi connectivity index (χ1) is 13.7. The van der Waals surface area contributed by atoms with Crippen LogP contribution in [0.4, 0.5) is 0 Å². The third-order valence-corrected chi connectivity index (χ3v) is 6.49. The fourth-order valence-corrected chi connectivity index (χ4v) is 4.95. The lowest BCUT2D eigenvalue weighted by atomic mass is 10.0. The highest BCUT2D eigenvalue weighted by Crippen LogP contribution is 2.34. The number of hydrogen-bond donors (Lipinski definition) is 1.